The molecular weight excluding hydrogens is 747 g/mol. The Hall–Kier alpha value is -7.24. The van der Waals surface area contributed by atoms with E-state index in [4.69, 9.17) is 62.0 Å². The molecule has 0 saturated carbocycles. The van der Waals surface area contributed by atoms with Crippen LogP contribution < -0.4 is 32.8 Å². The van der Waals surface area contributed by atoms with E-state index in [0.29, 0.717) is 88.6 Å². The van der Waals surface area contributed by atoms with Crippen molar-refractivity contribution in [2.24, 2.45) is 0 Å². The van der Waals surface area contributed by atoms with E-state index in [1.165, 1.54) is 0 Å². The average molecular weight is 775 g/mol. The quantitative estimate of drug-likeness (QED) is 0.210. The molecule has 0 atom stereocenters. The third-order valence-electron chi connectivity index (χ3n) is 11.6. The average Bonchev–Trinajstić information content (AvgIpc) is 3.83. The minimum Gasteiger partial charge on any atom is -0.308 e. The molecule has 0 amide bonds. The molecule has 0 fully saturated rings. The van der Waals surface area contributed by atoms with Crippen LogP contribution >= 0.6 is 0 Å². The summed E-state index contributed by atoms with van der Waals surface area (Å²) in [6.07, 6.45) is 0. The van der Waals surface area contributed by atoms with Gasteiger partial charge in [-0.25, -0.2) is 4.98 Å². The maximum atomic E-state index is 7.23. The largest absolute Gasteiger partial charge is 0.308 e. The van der Waals surface area contributed by atoms with Gasteiger partial charge in [-0.2, -0.15) is 9.97 Å². The minimum atomic E-state index is 0.309. The van der Waals surface area contributed by atoms with Crippen LogP contribution in [-0.2, 0) is 0 Å². The normalized spacial score (nSPS) is 11.6. The molecule has 8 aromatic carbocycles. The standard InChI is InChI=1S/C51H27B6N5/c52-34-24-37-41-43(56)44(57)42-38-25-35(53)27-40(55)46(38)62(48(42)47(41)61(45(37)39(54)26-34)36-21-11-19-32(23-36)29-14-6-2-7-15-29)51-59-49(30-16-8-3-9-17-30)58-50(60-51)33-20-10-18-31(22-33)28-12-4-1-5-13-28/h1-27H. The number of aromatic nitrogens is 5. The fourth-order valence-electron chi connectivity index (χ4n) is 8.90. The fraction of sp³-hybridized carbons (Fsp3) is 0. The number of nitrogens with zero attached hydrogens (tertiary/aromatic N) is 5. The Morgan fingerprint density at radius 2 is 0.774 bits per heavy atom. The number of benzene rings is 8. The predicted molar refractivity (Wildman–Crippen MR) is 263 cm³/mol. The van der Waals surface area contributed by atoms with E-state index in [1.54, 1.807) is 12.1 Å². The van der Waals surface area contributed by atoms with Crippen LogP contribution in [0, 0.1) is 0 Å². The van der Waals surface area contributed by atoms with Crippen molar-refractivity contribution in [1.29, 1.82) is 0 Å². The van der Waals surface area contributed by atoms with Gasteiger partial charge in [0.15, 0.2) is 11.6 Å². The van der Waals surface area contributed by atoms with Gasteiger partial charge in [-0.05, 0) is 40.5 Å². The van der Waals surface area contributed by atoms with E-state index >= 15 is 0 Å². The molecule has 11 aromatic rings. The van der Waals surface area contributed by atoms with Crippen LogP contribution in [0.1, 0.15) is 0 Å². The Morgan fingerprint density at radius 1 is 0.339 bits per heavy atom. The second-order valence-corrected chi connectivity index (χ2v) is 15.5. The second-order valence-electron chi connectivity index (χ2n) is 15.5. The van der Waals surface area contributed by atoms with Gasteiger partial charge < -0.3 is 4.57 Å². The van der Waals surface area contributed by atoms with Gasteiger partial charge in [-0.15, -0.1) is 0 Å². The molecular formula is C51H27B6N5. The highest BCUT2D eigenvalue weighted by Gasteiger charge is 2.27. The molecule has 0 unspecified atom stereocenters. The van der Waals surface area contributed by atoms with Gasteiger partial charge in [-0.3, -0.25) is 4.57 Å². The highest BCUT2D eigenvalue weighted by molar-refractivity contribution is 6.61. The smallest absolute Gasteiger partial charge is 0.238 e. The lowest BCUT2D eigenvalue weighted by Crippen LogP contribution is -2.27. The van der Waals surface area contributed by atoms with Gasteiger partial charge in [0.05, 0.1) is 16.6 Å². The van der Waals surface area contributed by atoms with E-state index in [0.717, 1.165) is 44.5 Å². The molecule has 0 aliphatic heterocycles. The van der Waals surface area contributed by atoms with Gasteiger partial charge in [0.25, 0.3) is 0 Å². The van der Waals surface area contributed by atoms with Gasteiger partial charge in [0.1, 0.15) is 47.1 Å². The lowest BCUT2D eigenvalue weighted by molar-refractivity contribution is 0.955. The second kappa shape index (κ2) is 14.7. The summed E-state index contributed by atoms with van der Waals surface area (Å²) in [4.78, 5) is 15.6. The Balaban J connectivity index is 1.32. The highest BCUT2D eigenvalue weighted by Crippen LogP contribution is 2.40. The SMILES string of the molecule is [B]c1cc([B])c2c(c1)c1c([B])c([B])c3c4cc([B])cc([B])c4n(-c4nc(-c5ccccc5)nc(-c5cccc(-c6ccccc6)c5)n4)c3c1n2-c1cccc(-c2ccccc2)c1. The van der Waals surface area contributed by atoms with Gasteiger partial charge in [0.2, 0.25) is 5.95 Å². The van der Waals surface area contributed by atoms with Gasteiger partial charge in [0, 0.05) is 43.9 Å². The molecule has 0 N–H and O–H groups in total. The van der Waals surface area contributed by atoms with Crippen LogP contribution in [0.3, 0.4) is 0 Å². The number of fused-ring (bicyclic) bond motifs is 7. The summed E-state index contributed by atoms with van der Waals surface area (Å²) < 4.78 is 4.09. The van der Waals surface area contributed by atoms with E-state index in [-0.39, 0.29) is 0 Å². The first kappa shape index (κ1) is 37.7. The van der Waals surface area contributed by atoms with Gasteiger partial charge >= 0.3 is 0 Å². The predicted octanol–water partition coefficient (Wildman–Crippen LogP) is 5.50. The van der Waals surface area contributed by atoms with Crippen molar-refractivity contribution in [3.63, 3.8) is 0 Å². The van der Waals surface area contributed by atoms with Crippen LogP contribution in [0.4, 0.5) is 0 Å². The maximum absolute atomic E-state index is 7.23. The lowest BCUT2D eigenvalue weighted by atomic mass is 9.74. The van der Waals surface area contributed by atoms with E-state index in [9.17, 15) is 0 Å². The zero-order valence-electron chi connectivity index (χ0n) is 33.3. The molecule has 0 saturated heterocycles. The van der Waals surface area contributed by atoms with E-state index in [1.807, 2.05) is 108 Å². The Bertz CT molecular complexity index is 3590. The van der Waals surface area contributed by atoms with Crippen molar-refractivity contribution in [2.75, 3.05) is 0 Å². The minimum absolute atomic E-state index is 0.309. The first-order valence-electron chi connectivity index (χ1n) is 20.1. The molecule has 0 bridgehead atoms. The third-order valence-corrected chi connectivity index (χ3v) is 11.6. The van der Waals surface area contributed by atoms with Crippen LogP contribution in [0.25, 0.3) is 100 Å². The van der Waals surface area contributed by atoms with Crippen molar-refractivity contribution in [3.8, 4) is 56.7 Å². The van der Waals surface area contributed by atoms with Crippen LogP contribution in [0.2, 0.25) is 0 Å². The summed E-state index contributed by atoms with van der Waals surface area (Å²) >= 11 is 0. The Morgan fingerprint density at radius 3 is 1.34 bits per heavy atom. The lowest BCUT2D eigenvalue weighted by Gasteiger charge is -2.16. The van der Waals surface area contributed by atoms with Crippen molar-refractivity contribution < 1.29 is 0 Å². The monoisotopic (exact) mass is 775 g/mol. The first-order valence-corrected chi connectivity index (χ1v) is 20.1. The van der Waals surface area contributed by atoms with E-state index < -0.39 is 0 Å². The number of hydrogen-bond donors (Lipinski definition) is 0. The van der Waals surface area contributed by atoms with Crippen molar-refractivity contribution in [1.82, 2.24) is 24.1 Å². The molecule has 0 aliphatic rings. The molecule has 62 heavy (non-hydrogen) atoms. The summed E-state index contributed by atoms with van der Waals surface area (Å²) in [5.74, 6) is 1.24. The molecule has 274 valence electrons. The molecule has 11 heteroatoms. The third kappa shape index (κ3) is 6.06. The molecule has 3 aromatic heterocycles. The van der Waals surface area contributed by atoms with Crippen molar-refractivity contribution >= 4 is 123 Å². The summed E-state index contributed by atoms with van der Waals surface area (Å²) in [5.41, 5.74) is 11.8. The van der Waals surface area contributed by atoms with Crippen molar-refractivity contribution in [3.05, 3.63) is 164 Å². The molecule has 3 heterocycles. The molecule has 12 radical (unpaired) electrons. The highest BCUT2D eigenvalue weighted by atomic mass is 15.2. The zero-order chi connectivity index (χ0) is 42.2. The Kier molecular flexibility index (Phi) is 8.97. The van der Waals surface area contributed by atoms with Crippen LogP contribution in [0.15, 0.2) is 164 Å². The first-order chi connectivity index (χ1) is 30.2. The maximum Gasteiger partial charge on any atom is 0.238 e. The van der Waals surface area contributed by atoms with E-state index in [2.05, 4.69) is 53.1 Å². The zero-order valence-corrected chi connectivity index (χ0v) is 33.3. The Labute approximate surface area is 366 Å². The van der Waals surface area contributed by atoms with Crippen LogP contribution in [-0.4, -0.2) is 71.2 Å². The molecule has 5 nitrogen and oxygen atoms in total. The summed E-state index contributed by atoms with van der Waals surface area (Å²) in [6, 6.07) is 54.0. The molecule has 0 spiro atoms. The summed E-state index contributed by atoms with van der Waals surface area (Å²) in [7, 11) is 41.6. The van der Waals surface area contributed by atoms with Crippen LogP contribution in [0.5, 0.6) is 0 Å². The summed E-state index contributed by atoms with van der Waals surface area (Å²) in [5, 5.41) is 2.71. The van der Waals surface area contributed by atoms with Crippen molar-refractivity contribution in [2.45, 2.75) is 0 Å². The number of hydrogen-bond acceptors (Lipinski definition) is 3. The fourth-order valence-corrected chi connectivity index (χ4v) is 8.90. The molecule has 0 aliphatic carbocycles. The number of rotatable bonds is 6. The van der Waals surface area contributed by atoms with Gasteiger partial charge in [-0.1, -0.05) is 178 Å². The topological polar surface area (TPSA) is 48.5 Å². The summed E-state index contributed by atoms with van der Waals surface area (Å²) in [6.45, 7) is 0. The molecule has 11 rings (SSSR count).